The van der Waals surface area contributed by atoms with E-state index in [-0.39, 0.29) is 5.91 Å². The normalized spacial score (nSPS) is 15.6. The third-order valence-corrected chi connectivity index (χ3v) is 6.78. The molecule has 28 heavy (non-hydrogen) atoms. The number of aromatic nitrogens is 2. The van der Waals surface area contributed by atoms with E-state index in [1.807, 2.05) is 17.0 Å². The van der Waals surface area contributed by atoms with Gasteiger partial charge in [-0.3, -0.25) is 9.20 Å². The quantitative estimate of drug-likeness (QED) is 0.460. The number of benzene rings is 2. The molecule has 1 fully saturated rings. The van der Waals surface area contributed by atoms with Gasteiger partial charge in [0.05, 0.1) is 15.9 Å². The zero-order valence-electron chi connectivity index (χ0n) is 16.2. The highest BCUT2D eigenvalue weighted by Gasteiger charge is 2.22. The third-order valence-electron chi connectivity index (χ3n) is 5.76. The predicted octanol–water partition coefficient (Wildman–Crippen LogP) is 5.40. The average Bonchev–Trinajstić information content (AvgIpc) is 3.26. The van der Waals surface area contributed by atoms with Crippen LogP contribution in [0, 0.1) is 12.8 Å². The fraction of sp³-hybridized carbons (Fsp3) is 0.304. The molecule has 4 aromatic rings. The molecule has 0 spiro atoms. The smallest absolute Gasteiger partial charge is 0.253 e. The van der Waals surface area contributed by atoms with Gasteiger partial charge in [-0.1, -0.05) is 48.1 Å². The SMILES string of the molecule is Cc1ccc(-c2cn3c(n2)sc2cc(C(=O)N4CCC(C)CC4)ccc23)cc1. The summed E-state index contributed by atoms with van der Waals surface area (Å²) in [6.07, 6.45) is 4.29. The molecule has 0 atom stereocenters. The molecule has 142 valence electrons. The number of rotatable bonds is 2. The zero-order chi connectivity index (χ0) is 19.3. The number of aryl methyl sites for hydroxylation is 1. The van der Waals surface area contributed by atoms with Crippen molar-refractivity contribution < 1.29 is 4.79 Å². The van der Waals surface area contributed by atoms with Crippen molar-refractivity contribution >= 4 is 32.4 Å². The molecule has 1 amide bonds. The number of carbonyl (C=O) groups is 1. The van der Waals surface area contributed by atoms with Gasteiger partial charge in [-0.15, -0.1) is 0 Å². The van der Waals surface area contributed by atoms with Crippen LogP contribution in [-0.4, -0.2) is 33.3 Å². The standard InChI is InChI=1S/C23H23N3OS/c1-15-3-5-17(6-4-15)19-14-26-20-8-7-18(13-21(20)28-23(26)24-19)22(27)25-11-9-16(2)10-12-25/h3-8,13-14,16H,9-12H2,1-2H3. The fourth-order valence-electron chi connectivity index (χ4n) is 3.89. The van der Waals surface area contributed by atoms with E-state index >= 15 is 0 Å². The van der Waals surface area contributed by atoms with Crippen molar-refractivity contribution in [3.63, 3.8) is 0 Å². The van der Waals surface area contributed by atoms with Crippen molar-refractivity contribution in [3.05, 3.63) is 59.8 Å². The van der Waals surface area contributed by atoms with Gasteiger partial charge in [0.2, 0.25) is 0 Å². The molecular formula is C23H23N3OS. The van der Waals surface area contributed by atoms with Crippen LogP contribution in [0.5, 0.6) is 0 Å². The van der Waals surface area contributed by atoms with Gasteiger partial charge in [-0.25, -0.2) is 4.98 Å². The van der Waals surface area contributed by atoms with Crippen LogP contribution in [0.25, 0.3) is 26.4 Å². The number of hydrogen-bond acceptors (Lipinski definition) is 3. The molecule has 0 N–H and O–H groups in total. The van der Waals surface area contributed by atoms with E-state index in [9.17, 15) is 4.79 Å². The number of hydrogen-bond donors (Lipinski definition) is 0. The molecule has 0 aliphatic carbocycles. The highest BCUT2D eigenvalue weighted by atomic mass is 32.1. The van der Waals surface area contributed by atoms with Crippen LogP contribution in [0.2, 0.25) is 0 Å². The first-order chi connectivity index (χ1) is 13.6. The van der Waals surface area contributed by atoms with Crippen LogP contribution >= 0.6 is 11.3 Å². The maximum absolute atomic E-state index is 12.9. The molecule has 1 aliphatic rings. The fourth-order valence-corrected chi connectivity index (χ4v) is 4.94. The molecule has 1 saturated heterocycles. The molecular weight excluding hydrogens is 366 g/mol. The minimum Gasteiger partial charge on any atom is -0.339 e. The maximum atomic E-state index is 12.9. The lowest BCUT2D eigenvalue weighted by Gasteiger charge is -2.30. The summed E-state index contributed by atoms with van der Waals surface area (Å²) in [5, 5.41) is 0. The summed E-state index contributed by atoms with van der Waals surface area (Å²) in [5.41, 5.74) is 5.24. The van der Waals surface area contributed by atoms with Gasteiger partial charge < -0.3 is 4.90 Å². The van der Waals surface area contributed by atoms with E-state index in [0.29, 0.717) is 0 Å². The summed E-state index contributed by atoms with van der Waals surface area (Å²) < 4.78 is 3.24. The Morgan fingerprint density at radius 3 is 2.61 bits per heavy atom. The van der Waals surface area contributed by atoms with E-state index in [4.69, 9.17) is 4.98 Å². The van der Waals surface area contributed by atoms with E-state index in [1.54, 1.807) is 11.3 Å². The molecule has 2 aromatic heterocycles. The largest absolute Gasteiger partial charge is 0.339 e. The first-order valence-electron chi connectivity index (χ1n) is 9.86. The van der Waals surface area contributed by atoms with Crippen molar-refractivity contribution in [1.82, 2.24) is 14.3 Å². The van der Waals surface area contributed by atoms with Crippen molar-refractivity contribution in [2.45, 2.75) is 26.7 Å². The maximum Gasteiger partial charge on any atom is 0.253 e. The molecule has 0 bridgehead atoms. The first-order valence-corrected chi connectivity index (χ1v) is 10.7. The third kappa shape index (κ3) is 3.00. The Labute approximate surface area is 168 Å². The van der Waals surface area contributed by atoms with Gasteiger partial charge in [0, 0.05) is 30.4 Å². The highest BCUT2D eigenvalue weighted by molar-refractivity contribution is 7.23. The Balaban J connectivity index is 1.47. The molecule has 0 radical (unpaired) electrons. The number of piperidine rings is 1. The van der Waals surface area contributed by atoms with E-state index in [1.165, 1.54) is 5.56 Å². The molecule has 5 heteroatoms. The predicted molar refractivity (Wildman–Crippen MR) is 115 cm³/mol. The lowest BCUT2D eigenvalue weighted by molar-refractivity contribution is 0.0697. The Hall–Kier alpha value is -2.66. The number of carbonyl (C=O) groups excluding carboxylic acids is 1. The monoisotopic (exact) mass is 389 g/mol. The van der Waals surface area contributed by atoms with Gasteiger partial charge in [-0.05, 0) is 43.9 Å². The molecule has 3 heterocycles. The summed E-state index contributed by atoms with van der Waals surface area (Å²) in [6.45, 7) is 6.09. The molecule has 4 nitrogen and oxygen atoms in total. The van der Waals surface area contributed by atoms with Gasteiger partial charge in [-0.2, -0.15) is 0 Å². The minimum atomic E-state index is 0.153. The Bertz CT molecular complexity index is 1160. The summed E-state index contributed by atoms with van der Waals surface area (Å²) in [4.78, 5) is 20.6. The lowest BCUT2D eigenvalue weighted by atomic mass is 9.98. The second-order valence-electron chi connectivity index (χ2n) is 7.90. The number of amides is 1. The van der Waals surface area contributed by atoms with Gasteiger partial charge in [0.1, 0.15) is 0 Å². The molecule has 1 aliphatic heterocycles. The first kappa shape index (κ1) is 17.4. The highest BCUT2D eigenvalue weighted by Crippen LogP contribution is 2.31. The molecule has 5 rings (SSSR count). The zero-order valence-corrected chi connectivity index (χ0v) is 17.0. The van der Waals surface area contributed by atoms with Crippen molar-refractivity contribution in [3.8, 4) is 11.3 Å². The second kappa shape index (κ2) is 6.74. The second-order valence-corrected chi connectivity index (χ2v) is 8.91. The number of thiazole rings is 1. The van der Waals surface area contributed by atoms with Crippen LogP contribution in [0.4, 0.5) is 0 Å². The topological polar surface area (TPSA) is 37.6 Å². The molecule has 0 saturated carbocycles. The molecule has 0 unspecified atom stereocenters. The van der Waals surface area contributed by atoms with Crippen LogP contribution in [-0.2, 0) is 0 Å². The van der Waals surface area contributed by atoms with Crippen LogP contribution in [0.15, 0.2) is 48.7 Å². The average molecular weight is 390 g/mol. The number of fused-ring (bicyclic) bond motifs is 3. The van der Waals surface area contributed by atoms with E-state index in [0.717, 1.165) is 63.8 Å². The van der Waals surface area contributed by atoms with Gasteiger partial charge >= 0.3 is 0 Å². The Kier molecular flexibility index (Phi) is 4.20. The van der Waals surface area contributed by atoms with E-state index in [2.05, 4.69) is 54.8 Å². The van der Waals surface area contributed by atoms with Crippen LogP contribution in [0.1, 0.15) is 35.7 Å². The van der Waals surface area contributed by atoms with Crippen LogP contribution in [0.3, 0.4) is 0 Å². The summed E-state index contributed by atoms with van der Waals surface area (Å²) in [5.74, 6) is 0.875. The molecule has 2 aromatic carbocycles. The number of likely N-dealkylation sites (tertiary alicyclic amines) is 1. The van der Waals surface area contributed by atoms with Crippen molar-refractivity contribution in [2.24, 2.45) is 5.92 Å². The number of imidazole rings is 1. The van der Waals surface area contributed by atoms with E-state index < -0.39 is 0 Å². The minimum absolute atomic E-state index is 0.153. The van der Waals surface area contributed by atoms with Crippen molar-refractivity contribution in [2.75, 3.05) is 13.1 Å². The lowest BCUT2D eigenvalue weighted by Crippen LogP contribution is -2.37. The Morgan fingerprint density at radius 1 is 1.11 bits per heavy atom. The number of nitrogens with zero attached hydrogens (tertiary/aromatic N) is 3. The van der Waals surface area contributed by atoms with Crippen molar-refractivity contribution in [1.29, 1.82) is 0 Å². The Morgan fingerprint density at radius 2 is 1.86 bits per heavy atom. The van der Waals surface area contributed by atoms with Gasteiger partial charge in [0.25, 0.3) is 5.91 Å². The van der Waals surface area contributed by atoms with Crippen LogP contribution < -0.4 is 0 Å². The summed E-state index contributed by atoms with van der Waals surface area (Å²) in [7, 11) is 0. The van der Waals surface area contributed by atoms with Gasteiger partial charge in [0.15, 0.2) is 4.96 Å². The summed E-state index contributed by atoms with van der Waals surface area (Å²) in [6, 6.07) is 14.5. The summed E-state index contributed by atoms with van der Waals surface area (Å²) >= 11 is 1.64.